The Hall–Kier alpha value is -2.20. The topological polar surface area (TPSA) is 105 Å². The number of carbonyl (C=O) groups excluding carboxylic acids is 2. The molecule has 3 amide bonds. The molecule has 0 aliphatic rings. The number of urea groups is 1. The molecule has 0 fully saturated rings. The van der Waals surface area contributed by atoms with Crippen LogP contribution in [-0.4, -0.2) is 44.8 Å². The second kappa shape index (κ2) is 9.48. The van der Waals surface area contributed by atoms with Crippen LogP contribution in [0.2, 0.25) is 0 Å². The molecule has 0 aliphatic heterocycles. The Morgan fingerprint density at radius 1 is 1.31 bits per heavy atom. The van der Waals surface area contributed by atoms with Gasteiger partial charge in [0.25, 0.3) is 10.0 Å². The van der Waals surface area contributed by atoms with Crippen LogP contribution in [0.25, 0.3) is 0 Å². The molecule has 1 rings (SSSR count). The van der Waals surface area contributed by atoms with Crippen molar-refractivity contribution in [3.8, 4) is 5.75 Å². The number of nitrogens with one attached hydrogen (secondary N) is 2. The normalized spacial score (nSPS) is 10.7. The van der Waals surface area contributed by atoms with Gasteiger partial charge in [0.15, 0.2) is 0 Å². The zero-order valence-electron chi connectivity index (χ0n) is 15.1. The molecule has 0 unspecified atom stereocenters. The van der Waals surface area contributed by atoms with Crippen molar-refractivity contribution in [3.63, 3.8) is 0 Å². The highest BCUT2D eigenvalue weighted by Crippen LogP contribution is 2.29. The Kier molecular flexibility index (Phi) is 7.97. The van der Waals surface area contributed by atoms with E-state index in [2.05, 4.69) is 23.4 Å². The molecule has 144 valence electrons. The van der Waals surface area contributed by atoms with Gasteiger partial charge in [-0.1, -0.05) is 11.6 Å². The molecule has 1 aromatic carbocycles. The molecule has 0 spiro atoms. The van der Waals surface area contributed by atoms with Gasteiger partial charge in [0, 0.05) is 19.7 Å². The van der Waals surface area contributed by atoms with E-state index in [-0.39, 0.29) is 16.6 Å². The zero-order valence-corrected chi connectivity index (χ0v) is 16.8. The average Bonchev–Trinajstić information content (AvgIpc) is 2.59. The number of allylic oxidation sites excluding steroid dienone is 1. The number of ether oxygens (including phenoxy) is 1. The van der Waals surface area contributed by atoms with E-state index in [9.17, 15) is 18.0 Å². The Bertz CT molecular complexity index is 802. The summed E-state index contributed by atoms with van der Waals surface area (Å²) in [5, 5.41) is 4.91. The third kappa shape index (κ3) is 5.67. The predicted molar refractivity (Wildman–Crippen MR) is 102 cm³/mol. The number of methoxy groups -OCH3 is 1. The van der Waals surface area contributed by atoms with Gasteiger partial charge in [0.2, 0.25) is 5.91 Å². The van der Waals surface area contributed by atoms with Crippen molar-refractivity contribution in [1.29, 1.82) is 0 Å². The second-order valence-electron chi connectivity index (χ2n) is 5.55. The number of carbonyl (C=O) groups is 2. The van der Waals surface area contributed by atoms with Crippen LogP contribution in [0.5, 0.6) is 5.75 Å². The van der Waals surface area contributed by atoms with Gasteiger partial charge in [0.05, 0.1) is 7.11 Å². The number of rotatable bonds is 7. The minimum absolute atomic E-state index is 0.0882. The Morgan fingerprint density at radius 2 is 1.96 bits per heavy atom. The second-order valence-corrected chi connectivity index (χ2v) is 7.98. The summed E-state index contributed by atoms with van der Waals surface area (Å²) in [4.78, 5) is 23.0. The van der Waals surface area contributed by atoms with Crippen LogP contribution in [0, 0.1) is 0 Å². The van der Waals surface area contributed by atoms with Crippen LogP contribution in [0.3, 0.4) is 0 Å². The van der Waals surface area contributed by atoms with Crippen LogP contribution >= 0.6 is 12.8 Å². The Labute approximate surface area is 159 Å². The predicted octanol–water partition coefficient (Wildman–Crippen LogP) is 1.49. The summed E-state index contributed by atoms with van der Waals surface area (Å²) >= 11 is 3.76. The minimum atomic E-state index is -4.21. The maximum Gasteiger partial charge on any atom is 0.341 e. The maximum absolute atomic E-state index is 12.6. The summed E-state index contributed by atoms with van der Waals surface area (Å²) in [7, 11) is -1.58. The molecular weight excluding hydrogens is 378 g/mol. The lowest BCUT2D eigenvalue weighted by molar-refractivity contribution is -0.116. The number of hydrogen-bond donors (Lipinski definition) is 3. The molecule has 0 aliphatic carbocycles. The van der Waals surface area contributed by atoms with E-state index >= 15 is 0 Å². The maximum atomic E-state index is 12.6. The number of nitrogens with zero attached hydrogens (tertiary/aromatic N) is 1. The summed E-state index contributed by atoms with van der Waals surface area (Å²) in [5.41, 5.74) is 1.53. The van der Waals surface area contributed by atoms with Crippen LogP contribution in [0.1, 0.15) is 19.4 Å². The molecule has 0 aromatic heterocycles. The molecule has 0 bridgehead atoms. The third-order valence-corrected chi connectivity index (χ3v) is 5.58. The lowest BCUT2D eigenvalue weighted by atomic mass is 10.1. The Morgan fingerprint density at radius 3 is 2.50 bits per heavy atom. The molecular formula is C16H23N3O5S2. The van der Waals surface area contributed by atoms with Crippen LogP contribution < -0.4 is 15.4 Å². The van der Waals surface area contributed by atoms with Crippen LogP contribution in [0.15, 0.2) is 34.7 Å². The van der Waals surface area contributed by atoms with Crippen molar-refractivity contribution in [2.45, 2.75) is 25.2 Å². The van der Waals surface area contributed by atoms with Crippen LogP contribution in [-0.2, 0) is 21.2 Å². The minimum Gasteiger partial charge on any atom is -0.495 e. The monoisotopic (exact) mass is 401 g/mol. The van der Waals surface area contributed by atoms with Crippen molar-refractivity contribution in [1.82, 2.24) is 14.3 Å². The van der Waals surface area contributed by atoms with Crippen molar-refractivity contribution < 1.29 is 22.7 Å². The fourth-order valence-electron chi connectivity index (χ4n) is 2.02. The van der Waals surface area contributed by atoms with Gasteiger partial charge in [0.1, 0.15) is 10.6 Å². The number of benzene rings is 1. The van der Waals surface area contributed by atoms with Gasteiger partial charge in [-0.25, -0.2) is 4.79 Å². The molecule has 0 atom stereocenters. The van der Waals surface area contributed by atoms with Crippen molar-refractivity contribution in [3.05, 3.63) is 35.4 Å². The summed E-state index contributed by atoms with van der Waals surface area (Å²) < 4.78 is 30.6. The van der Waals surface area contributed by atoms with E-state index in [1.54, 1.807) is 6.07 Å². The molecule has 10 heteroatoms. The highest BCUT2D eigenvalue weighted by atomic mass is 32.3. The fraction of sp³-hybridized carbons (Fsp3) is 0.375. The molecule has 0 radical (unpaired) electrons. The number of hydrogen-bond acceptors (Lipinski definition) is 6. The molecule has 1 aromatic rings. The molecule has 0 saturated heterocycles. The summed E-state index contributed by atoms with van der Waals surface area (Å²) in [6.45, 7) is 3.96. The first-order chi connectivity index (χ1) is 12.1. The van der Waals surface area contributed by atoms with Gasteiger partial charge >= 0.3 is 6.03 Å². The standard InChI is InChI=1S/C16H23N3O5S2/c1-11(2)9-15(20)18-8-7-12-5-6-13(24-4)14(10-12)26(22,23)19(25)16(21)17-3/h5-6,9-10,25H,7-8H2,1-4H3,(H,17,21)(H,18,20). The van der Waals surface area contributed by atoms with E-state index in [0.29, 0.717) is 22.2 Å². The van der Waals surface area contributed by atoms with Gasteiger partial charge < -0.3 is 15.4 Å². The average molecular weight is 402 g/mol. The Balaban J connectivity index is 3.04. The van der Waals surface area contributed by atoms with E-state index in [1.165, 1.54) is 32.4 Å². The largest absolute Gasteiger partial charge is 0.495 e. The summed E-state index contributed by atoms with van der Waals surface area (Å²) in [6, 6.07) is 3.68. The van der Waals surface area contributed by atoms with Crippen LogP contribution in [0.4, 0.5) is 4.79 Å². The first-order valence-corrected chi connectivity index (χ1v) is 9.53. The molecule has 0 heterocycles. The fourth-order valence-corrected chi connectivity index (χ4v) is 3.59. The number of amides is 3. The lowest BCUT2D eigenvalue weighted by Crippen LogP contribution is -2.35. The zero-order chi connectivity index (χ0) is 19.9. The summed E-state index contributed by atoms with van der Waals surface area (Å²) in [5.74, 6) is -0.127. The number of sulfonamides is 1. The van der Waals surface area contributed by atoms with Crippen molar-refractivity contribution in [2.24, 2.45) is 0 Å². The lowest BCUT2D eigenvalue weighted by Gasteiger charge is -2.18. The van der Waals surface area contributed by atoms with Gasteiger partial charge in [-0.2, -0.15) is 12.1 Å². The SMILES string of the molecule is CNC(=O)N(S)S(=O)(=O)c1cc(CCNC(=O)C=C(C)C)ccc1OC. The van der Waals surface area contributed by atoms with Gasteiger partial charge in [-0.15, -0.1) is 0 Å². The number of thiol groups is 1. The molecule has 26 heavy (non-hydrogen) atoms. The smallest absolute Gasteiger partial charge is 0.341 e. The summed E-state index contributed by atoms with van der Waals surface area (Å²) in [6.07, 6.45) is 1.88. The van der Waals surface area contributed by atoms with Gasteiger partial charge in [-0.05, 0) is 50.8 Å². The van der Waals surface area contributed by atoms with Crippen molar-refractivity contribution in [2.75, 3.05) is 20.7 Å². The third-order valence-electron chi connectivity index (χ3n) is 3.25. The molecule has 8 nitrogen and oxygen atoms in total. The molecule has 2 N–H and O–H groups in total. The molecule has 0 saturated carbocycles. The first-order valence-electron chi connectivity index (χ1n) is 7.69. The van der Waals surface area contributed by atoms with Gasteiger partial charge in [-0.3, -0.25) is 4.79 Å². The quantitative estimate of drug-likeness (QED) is 0.474. The highest BCUT2D eigenvalue weighted by molar-refractivity contribution is 8.00. The first kappa shape index (κ1) is 21.8. The van der Waals surface area contributed by atoms with E-state index < -0.39 is 16.1 Å². The van der Waals surface area contributed by atoms with Crippen molar-refractivity contribution >= 4 is 34.8 Å². The van der Waals surface area contributed by atoms with E-state index in [0.717, 1.165) is 5.57 Å². The van der Waals surface area contributed by atoms with E-state index in [1.807, 2.05) is 13.8 Å². The highest BCUT2D eigenvalue weighted by Gasteiger charge is 2.29. The van der Waals surface area contributed by atoms with E-state index in [4.69, 9.17) is 4.74 Å².